The van der Waals surface area contributed by atoms with Crippen molar-refractivity contribution in [3.63, 3.8) is 0 Å². The average Bonchev–Trinajstić information content (AvgIpc) is 3.12. The van der Waals surface area contributed by atoms with E-state index in [4.69, 9.17) is 4.74 Å². The third-order valence-corrected chi connectivity index (χ3v) is 5.91. The fraction of sp³-hybridized carbons (Fsp3) is 0.172. The zero-order chi connectivity index (χ0) is 24.1. The molecule has 1 heterocycles. The van der Waals surface area contributed by atoms with E-state index in [-0.39, 0.29) is 11.3 Å². The molecule has 1 N–H and O–H groups in total. The van der Waals surface area contributed by atoms with Gasteiger partial charge in [0.15, 0.2) is 0 Å². The van der Waals surface area contributed by atoms with Gasteiger partial charge in [0.2, 0.25) is 0 Å². The molecule has 1 fully saturated rings. The minimum Gasteiger partial charge on any atom is -0.507 e. The van der Waals surface area contributed by atoms with E-state index in [9.17, 15) is 14.7 Å². The summed E-state index contributed by atoms with van der Waals surface area (Å²) < 4.78 is 5.58. The lowest BCUT2D eigenvalue weighted by Crippen LogP contribution is -2.31. The number of ether oxygens (including phenoxy) is 1. The molecule has 34 heavy (non-hydrogen) atoms. The maximum atomic E-state index is 13.2. The van der Waals surface area contributed by atoms with E-state index in [1.807, 2.05) is 61.5 Å². The zero-order valence-corrected chi connectivity index (χ0v) is 19.1. The number of hydrogen-bond donors (Lipinski definition) is 1. The highest BCUT2D eigenvalue weighted by Crippen LogP contribution is 2.40. The number of rotatable bonds is 8. The van der Waals surface area contributed by atoms with Crippen LogP contribution in [0.3, 0.4) is 0 Å². The third kappa shape index (κ3) is 4.79. The number of aliphatic hydroxyl groups is 1. The van der Waals surface area contributed by atoms with E-state index in [2.05, 4.69) is 6.58 Å². The number of Topliss-reactive ketones (excluding diaryl/α,β-unsaturated/α-hetero) is 1. The van der Waals surface area contributed by atoms with Crippen molar-refractivity contribution in [2.75, 3.05) is 13.2 Å². The molecule has 3 aromatic carbocycles. The summed E-state index contributed by atoms with van der Waals surface area (Å²) in [6.45, 7) is 6.32. The second kappa shape index (κ2) is 10.2. The lowest BCUT2D eigenvalue weighted by atomic mass is 9.95. The number of ketones is 1. The van der Waals surface area contributed by atoms with Crippen LogP contribution in [-0.4, -0.2) is 34.8 Å². The molecule has 0 aliphatic carbocycles. The van der Waals surface area contributed by atoms with Gasteiger partial charge in [-0.3, -0.25) is 9.59 Å². The number of hydrogen-bond acceptors (Lipinski definition) is 4. The number of aliphatic hydroxyl groups excluding tert-OH is 1. The molecular formula is C29H27NO4. The van der Waals surface area contributed by atoms with Crippen LogP contribution in [0.15, 0.2) is 97.1 Å². The summed E-state index contributed by atoms with van der Waals surface area (Å²) in [4.78, 5) is 27.8. The monoisotopic (exact) mass is 453 g/mol. The van der Waals surface area contributed by atoms with Gasteiger partial charge in [0, 0.05) is 12.1 Å². The highest BCUT2D eigenvalue weighted by Gasteiger charge is 2.45. The summed E-state index contributed by atoms with van der Waals surface area (Å²) in [5.41, 5.74) is 3.43. The summed E-state index contributed by atoms with van der Waals surface area (Å²) in [6.07, 6.45) is 2.25. The molecule has 0 aromatic heterocycles. The van der Waals surface area contributed by atoms with Crippen molar-refractivity contribution in [3.05, 3.63) is 119 Å². The molecule has 3 aromatic rings. The van der Waals surface area contributed by atoms with Crippen LogP contribution in [0.5, 0.6) is 5.75 Å². The van der Waals surface area contributed by atoms with Crippen LogP contribution in [-0.2, 0) is 16.0 Å². The normalized spacial score (nSPS) is 17.1. The SMILES string of the molecule is C=CCOc1ccc(C2/C(=C(\O)c3ccc(C)cc3)C(=O)C(=O)N2CCc2ccccc2)cc1. The first-order chi connectivity index (χ1) is 16.5. The zero-order valence-electron chi connectivity index (χ0n) is 19.1. The maximum Gasteiger partial charge on any atom is 0.295 e. The molecule has 1 aliphatic heterocycles. The van der Waals surface area contributed by atoms with Crippen molar-refractivity contribution < 1.29 is 19.4 Å². The van der Waals surface area contributed by atoms with E-state index in [1.165, 1.54) is 0 Å². The molecule has 5 heteroatoms. The van der Waals surface area contributed by atoms with E-state index in [0.29, 0.717) is 30.9 Å². The Labute approximate surface area is 199 Å². The van der Waals surface area contributed by atoms with Gasteiger partial charge in [-0.2, -0.15) is 0 Å². The maximum absolute atomic E-state index is 13.2. The smallest absolute Gasteiger partial charge is 0.295 e. The van der Waals surface area contributed by atoms with Crippen molar-refractivity contribution in [1.82, 2.24) is 4.90 Å². The van der Waals surface area contributed by atoms with Gasteiger partial charge in [0.1, 0.15) is 18.1 Å². The molecule has 0 bridgehead atoms. The highest BCUT2D eigenvalue weighted by atomic mass is 16.5. The number of amides is 1. The molecule has 172 valence electrons. The van der Waals surface area contributed by atoms with Crippen LogP contribution in [0.25, 0.3) is 5.76 Å². The first kappa shape index (κ1) is 23.1. The number of likely N-dealkylation sites (tertiary alicyclic amines) is 1. The first-order valence-electron chi connectivity index (χ1n) is 11.2. The predicted molar refractivity (Wildman–Crippen MR) is 132 cm³/mol. The van der Waals surface area contributed by atoms with Crippen molar-refractivity contribution in [3.8, 4) is 5.75 Å². The number of benzene rings is 3. The topological polar surface area (TPSA) is 66.8 Å². The Morgan fingerprint density at radius 2 is 1.68 bits per heavy atom. The molecule has 1 amide bonds. The molecule has 0 spiro atoms. The Morgan fingerprint density at radius 1 is 1.00 bits per heavy atom. The van der Waals surface area contributed by atoms with Crippen LogP contribution in [0.4, 0.5) is 0 Å². The molecule has 1 aliphatic rings. The van der Waals surface area contributed by atoms with E-state index in [0.717, 1.165) is 16.7 Å². The van der Waals surface area contributed by atoms with Crippen LogP contribution < -0.4 is 4.74 Å². The van der Waals surface area contributed by atoms with Gasteiger partial charge in [-0.05, 0) is 36.6 Å². The summed E-state index contributed by atoms with van der Waals surface area (Å²) in [7, 11) is 0. The second-order valence-electron chi connectivity index (χ2n) is 8.26. The van der Waals surface area contributed by atoms with Crippen LogP contribution in [0.1, 0.15) is 28.3 Å². The Bertz CT molecular complexity index is 1210. The molecule has 0 saturated carbocycles. The standard InChI is InChI=1S/C29H27NO4/c1-3-19-34-24-15-13-22(14-16-24)26-25(27(31)23-11-9-20(2)10-12-23)28(32)29(33)30(26)18-17-21-7-5-4-6-8-21/h3-16,26,31H,1,17-19H2,2H3/b27-25+. The summed E-state index contributed by atoms with van der Waals surface area (Å²) in [6, 6.07) is 23.6. The summed E-state index contributed by atoms with van der Waals surface area (Å²) in [5.74, 6) is -0.800. The van der Waals surface area contributed by atoms with Gasteiger partial charge >= 0.3 is 0 Å². The van der Waals surface area contributed by atoms with E-state index >= 15 is 0 Å². The fourth-order valence-electron chi connectivity index (χ4n) is 4.12. The molecule has 4 rings (SSSR count). The fourth-order valence-corrected chi connectivity index (χ4v) is 4.12. The Hall–Kier alpha value is -4.12. The van der Waals surface area contributed by atoms with E-state index < -0.39 is 17.7 Å². The van der Waals surface area contributed by atoms with Crippen molar-refractivity contribution in [2.45, 2.75) is 19.4 Å². The minimum atomic E-state index is -0.696. The lowest BCUT2D eigenvalue weighted by Gasteiger charge is -2.25. The second-order valence-corrected chi connectivity index (χ2v) is 8.26. The summed E-state index contributed by atoms with van der Waals surface area (Å²) >= 11 is 0. The average molecular weight is 454 g/mol. The van der Waals surface area contributed by atoms with Crippen molar-refractivity contribution in [1.29, 1.82) is 0 Å². The van der Waals surface area contributed by atoms with Gasteiger partial charge in [-0.15, -0.1) is 0 Å². The quantitative estimate of drug-likeness (QED) is 0.220. The minimum absolute atomic E-state index is 0.0988. The van der Waals surface area contributed by atoms with Gasteiger partial charge < -0.3 is 14.7 Å². The molecule has 1 saturated heterocycles. The van der Waals surface area contributed by atoms with Gasteiger partial charge in [-0.25, -0.2) is 0 Å². The highest BCUT2D eigenvalue weighted by molar-refractivity contribution is 6.46. The summed E-state index contributed by atoms with van der Waals surface area (Å²) in [5, 5.41) is 11.1. The number of carbonyl (C=O) groups is 2. The number of carbonyl (C=O) groups excluding carboxylic acids is 2. The Morgan fingerprint density at radius 3 is 2.32 bits per heavy atom. The molecule has 1 atom stereocenters. The van der Waals surface area contributed by atoms with Gasteiger partial charge in [0.25, 0.3) is 11.7 Å². The predicted octanol–water partition coefficient (Wildman–Crippen LogP) is 5.22. The third-order valence-electron chi connectivity index (χ3n) is 5.91. The van der Waals surface area contributed by atoms with Crippen molar-refractivity contribution in [2.24, 2.45) is 0 Å². The Kier molecular flexibility index (Phi) is 6.93. The van der Waals surface area contributed by atoms with Crippen LogP contribution in [0, 0.1) is 6.92 Å². The van der Waals surface area contributed by atoms with Gasteiger partial charge in [-0.1, -0.05) is 84.9 Å². The Balaban J connectivity index is 1.75. The molecule has 1 unspecified atom stereocenters. The number of aryl methyl sites for hydroxylation is 1. The largest absolute Gasteiger partial charge is 0.507 e. The molecule has 5 nitrogen and oxygen atoms in total. The molecular weight excluding hydrogens is 426 g/mol. The van der Waals surface area contributed by atoms with Crippen LogP contribution >= 0.6 is 0 Å². The van der Waals surface area contributed by atoms with Crippen molar-refractivity contribution >= 4 is 17.4 Å². The van der Waals surface area contributed by atoms with E-state index in [1.54, 1.807) is 35.2 Å². The molecule has 0 radical (unpaired) electrons. The van der Waals surface area contributed by atoms with Crippen LogP contribution in [0.2, 0.25) is 0 Å². The first-order valence-corrected chi connectivity index (χ1v) is 11.2. The van der Waals surface area contributed by atoms with Gasteiger partial charge in [0.05, 0.1) is 11.6 Å². The number of nitrogens with zero attached hydrogens (tertiary/aromatic N) is 1. The lowest BCUT2D eigenvalue weighted by molar-refractivity contribution is -0.139.